The number of thiazole rings is 1. The first-order valence-corrected chi connectivity index (χ1v) is 12.7. The molecule has 1 aliphatic rings. The number of hydrogen-bond acceptors (Lipinski definition) is 8. The summed E-state index contributed by atoms with van der Waals surface area (Å²) in [6.45, 7) is 6.68. The predicted octanol–water partition coefficient (Wildman–Crippen LogP) is 4.89. The fourth-order valence-electron chi connectivity index (χ4n) is 3.84. The van der Waals surface area contributed by atoms with Gasteiger partial charge in [-0.15, -0.1) is 11.3 Å². The zero-order valence-corrected chi connectivity index (χ0v) is 20.8. The first-order valence-electron chi connectivity index (χ1n) is 11.9. The molecule has 1 fully saturated rings. The van der Waals surface area contributed by atoms with Gasteiger partial charge in [-0.1, -0.05) is 0 Å². The Morgan fingerprint density at radius 3 is 2.20 bits per heavy atom. The molecule has 0 bridgehead atoms. The van der Waals surface area contributed by atoms with Crippen LogP contribution in [0.2, 0.25) is 0 Å². The first-order chi connectivity index (χ1) is 17.1. The van der Waals surface area contributed by atoms with E-state index < -0.39 is 0 Å². The molecule has 186 valence electrons. The Balaban J connectivity index is 1.17. The number of hydroxylamine groups is 1. The van der Waals surface area contributed by atoms with E-state index in [0.717, 1.165) is 73.3 Å². The summed E-state index contributed by atoms with van der Waals surface area (Å²) < 4.78 is 17.2. The summed E-state index contributed by atoms with van der Waals surface area (Å²) in [4.78, 5) is 7.16. The molecule has 0 unspecified atom stereocenters. The van der Waals surface area contributed by atoms with E-state index >= 15 is 0 Å². The van der Waals surface area contributed by atoms with Crippen LogP contribution in [0.15, 0.2) is 48.5 Å². The van der Waals surface area contributed by atoms with Crippen LogP contribution in [0.3, 0.4) is 0 Å². The number of unbranched alkanes of at least 4 members (excludes halogenated alkanes) is 2. The van der Waals surface area contributed by atoms with Crippen molar-refractivity contribution >= 4 is 22.2 Å². The van der Waals surface area contributed by atoms with Crippen molar-refractivity contribution in [2.45, 2.75) is 26.2 Å². The molecule has 2 heterocycles. The molecule has 9 heteroatoms. The van der Waals surface area contributed by atoms with E-state index in [-0.39, 0.29) is 5.84 Å². The lowest BCUT2D eigenvalue weighted by Gasteiger charge is -2.28. The molecule has 0 saturated carbocycles. The number of anilines is 1. The normalized spacial score (nSPS) is 13.5. The van der Waals surface area contributed by atoms with Gasteiger partial charge in [-0.05, 0) is 74.7 Å². The molecule has 3 N–H and O–H groups in total. The molecular formula is C26H32N4O4S. The van der Waals surface area contributed by atoms with E-state index in [9.17, 15) is 0 Å². The molecular weight excluding hydrogens is 464 g/mol. The van der Waals surface area contributed by atoms with Crippen LogP contribution in [0.5, 0.6) is 11.5 Å². The Morgan fingerprint density at radius 1 is 1.00 bits per heavy atom. The number of ether oxygens (including phenoxy) is 3. The van der Waals surface area contributed by atoms with Crippen molar-refractivity contribution in [3.8, 4) is 22.8 Å². The number of morpholine rings is 1. The monoisotopic (exact) mass is 496 g/mol. The maximum absolute atomic E-state index is 8.77. The fraction of sp³-hybridized carbons (Fsp3) is 0.385. The van der Waals surface area contributed by atoms with Crippen molar-refractivity contribution in [3.63, 3.8) is 0 Å². The number of nitrogens with one attached hydrogen (secondary N) is 2. The zero-order valence-electron chi connectivity index (χ0n) is 20.0. The lowest BCUT2D eigenvalue weighted by atomic mass is 10.1. The highest BCUT2D eigenvalue weighted by atomic mass is 32.1. The maximum Gasteiger partial charge on any atom is 0.149 e. The van der Waals surface area contributed by atoms with Crippen LogP contribution in [0, 0.1) is 12.3 Å². The number of rotatable bonds is 11. The minimum Gasteiger partial charge on any atom is -0.494 e. The van der Waals surface area contributed by atoms with Gasteiger partial charge in [-0.25, -0.2) is 4.98 Å². The molecule has 0 amide bonds. The van der Waals surface area contributed by atoms with E-state index in [4.69, 9.17) is 29.8 Å². The second-order valence-corrected chi connectivity index (χ2v) is 9.46. The summed E-state index contributed by atoms with van der Waals surface area (Å²) in [6, 6.07) is 15.3. The number of aryl methyl sites for hydroxylation is 1. The molecule has 1 aromatic heterocycles. The number of benzene rings is 2. The molecule has 0 aliphatic carbocycles. The summed E-state index contributed by atoms with van der Waals surface area (Å²) in [5, 5.41) is 18.6. The van der Waals surface area contributed by atoms with Crippen LogP contribution >= 0.6 is 11.3 Å². The van der Waals surface area contributed by atoms with Gasteiger partial charge in [0.15, 0.2) is 0 Å². The average molecular weight is 497 g/mol. The van der Waals surface area contributed by atoms with Gasteiger partial charge in [0.05, 0.1) is 31.4 Å². The smallest absolute Gasteiger partial charge is 0.149 e. The fourth-order valence-corrected chi connectivity index (χ4v) is 4.83. The third-order valence-corrected chi connectivity index (χ3v) is 6.75. The molecule has 4 rings (SSSR count). The quantitative estimate of drug-likeness (QED) is 0.150. The molecule has 1 aliphatic heterocycles. The Labute approximate surface area is 209 Å². The van der Waals surface area contributed by atoms with Gasteiger partial charge in [0, 0.05) is 24.2 Å². The van der Waals surface area contributed by atoms with Crippen LogP contribution in [-0.2, 0) is 4.74 Å². The van der Waals surface area contributed by atoms with E-state index in [1.807, 2.05) is 17.6 Å². The second kappa shape index (κ2) is 12.5. The largest absolute Gasteiger partial charge is 0.494 e. The van der Waals surface area contributed by atoms with Crippen LogP contribution in [0.4, 0.5) is 5.00 Å². The molecule has 0 spiro atoms. The van der Waals surface area contributed by atoms with Crippen LogP contribution in [-0.4, -0.2) is 55.5 Å². The predicted molar refractivity (Wildman–Crippen MR) is 138 cm³/mol. The minimum atomic E-state index is -0.0397. The summed E-state index contributed by atoms with van der Waals surface area (Å²) in [7, 11) is 0. The van der Waals surface area contributed by atoms with Crippen molar-refractivity contribution < 1.29 is 19.4 Å². The summed E-state index contributed by atoms with van der Waals surface area (Å²) >= 11 is 1.74. The van der Waals surface area contributed by atoms with Crippen molar-refractivity contribution in [3.05, 3.63) is 59.1 Å². The van der Waals surface area contributed by atoms with Crippen molar-refractivity contribution in [2.24, 2.45) is 0 Å². The van der Waals surface area contributed by atoms with Gasteiger partial charge in [0.2, 0.25) is 0 Å². The van der Waals surface area contributed by atoms with Gasteiger partial charge < -0.3 is 19.1 Å². The molecule has 3 aromatic rings. The number of nitrogens with zero attached hydrogens (tertiary/aromatic N) is 2. The van der Waals surface area contributed by atoms with Crippen molar-refractivity contribution in [1.29, 1.82) is 5.41 Å². The van der Waals surface area contributed by atoms with E-state index in [2.05, 4.69) is 24.0 Å². The molecule has 35 heavy (non-hydrogen) atoms. The number of hydrogen-bond donors (Lipinski definition) is 3. The third kappa shape index (κ3) is 6.94. The first kappa shape index (κ1) is 25.0. The summed E-state index contributed by atoms with van der Waals surface area (Å²) in [6.07, 6.45) is 2.90. The van der Waals surface area contributed by atoms with Crippen LogP contribution in [0.25, 0.3) is 11.3 Å². The van der Waals surface area contributed by atoms with Gasteiger partial charge in [-0.2, -0.15) is 0 Å². The van der Waals surface area contributed by atoms with E-state index in [0.29, 0.717) is 18.8 Å². The van der Waals surface area contributed by atoms with Gasteiger partial charge in [0.25, 0.3) is 0 Å². The van der Waals surface area contributed by atoms with Crippen molar-refractivity contribution in [1.82, 2.24) is 10.5 Å². The Hall–Kier alpha value is -3.14. The highest BCUT2D eigenvalue weighted by Gasteiger charge is 2.19. The topological polar surface area (TPSA) is 99.9 Å². The van der Waals surface area contributed by atoms with E-state index in [1.165, 1.54) is 5.00 Å². The molecule has 0 atom stereocenters. The van der Waals surface area contributed by atoms with Gasteiger partial charge >= 0.3 is 0 Å². The Bertz CT molecular complexity index is 1080. The molecule has 2 aromatic carbocycles. The molecule has 8 nitrogen and oxygen atoms in total. The average Bonchev–Trinajstić information content (AvgIpc) is 3.30. The zero-order chi connectivity index (χ0) is 24.5. The minimum absolute atomic E-state index is 0.0397. The highest BCUT2D eigenvalue weighted by molar-refractivity contribution is 7.16. The summed E-state index contributed by atoms with van der Waals surface area (Å²) in [5.74, 6) is 1.58. The maximum atomic E-state index is 8.77. The van der Waals surface area contributed by atoms with E-state index in [1.54, 1.807) is 35.6 Å². The number of aromatic nitrogens is 1. The summed E-state index contributed by atoms with van der Waals surface area (Å²) in [5.41, 5.74) is 4.58. The lowest BCUT2D eigenvalue weighted by molar-refractivity contribution is 0.123. The third-order valence-electron chi connectivity index (χ3n) is 5.72. The standard InChI is InChI=1S/C26H32N4O4S/c1-19-28-24(26(35-19)30-13-17-32-18-14-30)20-5-9-22(10-6-20)33-15-3-2-4-16-34-23-11-7-21(8-12-23)25(27)29-31/h5-12,31H,2-4,13-18H2,1H3,(H2,27,29). The van der Waals surface area contributed by atoms with Crippen LogP contribution < -0.4 is 19.9 Å². The lowest BCUT2D eigenvalue weighted by Crippen LogP contribution is -2.35. The number of amidine groups is 1. The molecule has 0 radical (unpaired) electrons. The Morgan fingerprint density at radius 2 is 1.60 bits per heavy atom. The second-order valence-electron chi connectivity index (χ2n) is 8.28. The SMILES string of the molecule is Cc1nc(-c2ccc(OCCCCCOc3ccc(C(=N)NO)cc3)cc2)c(N2CCOCC2)s1. The highest BCUT2D eigenvalue weighted by Crippen LogP contribution is 2.36. The van der Waals surface area contributed by atoms with Gasteiger partial charge in [-0.3, -0.25) is 16.1 Å². The van der Waals surface area contributed by atoms with Crippen molar-refractivity contribution in [2.75, 3.05) is 44.4 Å². The molecule has 1 saturated heterocycles. The Kier molecular flexibility index (Phi) is 8.94. The van der Waals surface area contributed by atoms with Gasteiger partial charge in [0.1, 0.15) is 28.0 Å². The van der Waals surface area contributed by atoms with Crippen LogP contribution in [0.1, 0.15) is 29.8 Å².